The van der Waals surface area contributed by atoms with E-state index in [1.807, 2.05) is 11.5 Å². The molecule has 2 aromatic heterocycles. The zero-order chi connectivity index (χ0) is 20.2. The van der Waals surface area contributed by atoms with Crippen LogP contribution in [0.25, 0.3) is 0 Å². The van der Waals surface area contributed by atoms with Gasteiger partial charge in [0.05, 0.1) is 32.0 Å². The van der Waals surface area contributed by atoms with Gasteiger partial charge < -0.3 is 34.2 Å². The Morgan fingerprint density at radius 1 is 1.33 bits per heavy atom. The van der Waals surface area contributed by atoms with Gasteiger partial charge in [0.25, 0.3) is 7.82 Å². The van der Waals surface area contributed by atoms with Gasteiger partial charge in [-0.3, -0.25) is 8.88 Å². The third-order valence-electron chi connectivity index (χ3n) is 3.33. The molecule has 0 bridgehead atoms. The lowest BCUT2D eigenvalue weighted by Gasteiger charge is -2.34. The first-order valence-electron chi connectivity index (χ1n) is 7.31. The van der Waals surface area contributed by atoms with Crippen LogP contribution in [0.3, 0.4) is 0 Å². The third-order valence-corrected chi connectivity index (χ3v) is 6.58. The van der Waals surface area contributed by atoms with E-state index in [1.54, 1.807) is 11.7 Å². The van der Waals surface area contributed by atoms with Crippen molar-refractivity contribution in [3.05, 3.63) is 27.8 Å². The van der Waals surface area contributed by atoms with Gasteiger partial charge >= 0.3 is 6.01 Å². The number of methoxy groups -OCH3 is 1. The molecule has 0 aliphatic heterocycles. The van der Waals surface area contributed by atoms with Gasteiger partial charge in [0.15, 0.2) is 12.2 Å². The van der Waals surface area contributed by atoms with Crippen LogP contribution in [0, 0.1) is 6.92 Å². The average molecular weight is 438 g/mol. The summed E-state index contributed by atoms with van der Waals surface area (Å²) in [6, 6.07) is 0.158. The first-order chi connectivity index (χ1) is 12.5. The van der Waals surface area contributed by atoms with E-state index in [-0.39, 0.29) is 24.9 Å². The minimum absolute atomic E-state index is 0.158. The van der Waals surface area contributed by atoms with Crippen molar-refractivity contribution in [3.63, 3.8) is 0 Å². The van der Waals surface area contributed by atoms with E-state index in [1.165, 1.54) is 18.4 Å². The van der Waals surface area contributed by atoms with E-state index in [0.29, 0.717) is 12.1 Å². The van der Waals surface area contributed by atoms with Crippen LogP contribution in [-0.4, -0.2) is 23.7 Å². The highest BCUT2D eigenvalue weighted by atomic mass is 32.1. The van der Waals surface area contributed by atoms with E-state index < -0.39 is 15.6 Å². The molecule has 2 aromatic rings. The molecule has 0 saturated carbocycles. The molecule has 0 saturated heterocycles. The summed E-state index contributed by atoms with van der Waals surface area (Å²) in [5.74, 6) is 0.272. The molecule has 0 fully saturated rings. The quantitative estimate of drug-likeness (QED) is 0.360. The molecule has 0 aromatic carbocycles. The number of rotatable bonds is 9. The molecule has 2 rings (SSSR count). The Morgan fingerprint density at radius 2 is 2.04 bits per heavy atom. The van der Waals surface area contributed by atoms with Gasteiger partial charge in [-0.25, -0.2) is 4.98 Å². The molecule has 12 nitrogen and oxygen atoms in total. The minimum Gasteiger partial charge on any atom is -0.790 e. The highest BCUT2D eigenvalue weighted by molar-refractivity contribution is 7.58. The number of hydrogen-bond donors (Lipinski definition) is 1. The zero-order valence-corrected chi connectivity index (χ0v) is 16.9. The second-order valence-electron chi connectivity index (χ2n) is 5.19. The summed E-state index contributed by atoms with van der Waals surface area (Å²) in [5, 5.41) is 0. The molecular weight excluding hydrogens is 422 g/mol. The number of thiazole rings is 1. The Balaban J connectivity index is 1.99. The van der Waals surface area contributed by atoms with Gasteiger partial charge in [0.1, 0.15) is 5.82 Å². The standard InChI is InChI=1S/C12H18N4O8P2S/c1-8-10(3-4-23-26(20,21)24-25(17,18)19)27-7-16(8)6-9-5-14-12(22-2)15-11(9)13/h5,7H,3-4,6H2,1-2H3,(H4-,13,14,15,17,18,19,20,21)/p-2. The fraction of sp³-hybridized carbons (Fsp3) is 0.417. The van der Waals surface area contributed by atoms with E-state index in [0.717, 1.165) is 10.6 Å². The van der Waals surface area contributed by atoms with Crippen molar-refractivity contribution in [3.8, 4) is 6.01 Å². The lowest BCUT2D eigenvalue weighted by atomic mass is 10.2. The van der Waals surface area contributed by atoms with Crippen molar-refractivity contribution in [1.29, 1.82) is 0 Å². The van der Waals surface area contributed by atoms with Crippen LogP contribution < -0.4 is 29.7 Å². The summed E-state index contributed by atoms with van der Waals surface area (Å²) in [4.78, 5) is 40.7. The van der Waals surface area contributed by atoms with Crippen LogP contribution in [0.1, 0.15) is 16.1 Å². The molecule has 27 heavy (non-hydrogen) atoms. The normalized spacial score (nSPS) is 14.1. The van der Waals surface area contributed by atoms with Crippen molar-refractivity contribution in [1.82, 2.24) is 9.97 Å². The SMILES string of the molecule is COc1ncc(C[n+]2csc(CCOP(=O)([O-])OP(=O)([O-])[O-])c2C)c(N)n1. The molecule has 0 amide bonds. The summed E-state index contributed by atoms with van der Waals surface area (Å²) in [7, 11) is -9.47. The molecule has 2 heterocycles. The van der Waals surface area contributed by atoms with E-state index in [2.05, 4.69) is 18.8 Å². The van der Waals surface area contributed by atoms with Gasteiger partial charge in [-0.15, -0.1) is 0 Å². The largest absolute Gasteiger partial charge is 0.790 e. The maximum absolute atomic E-state index is 11.2. The Kier molecular flexibility index (Phi) is 7.06. The number of hydrogen-bond acceptors (Lipinski definition) is 12. The van der Waals surface area contributed by atoms with Crippen LogP contribution in [0.5, 0.6) is 6.01 Å². The molecular formula is C12H16N4O8P2S-2. The second kappa shape index (κ2) is 8.72. The van der Waals surface area contributed by atoms with Gasteiger partial charge in [-0.05, 0) is 0 Å². The zero-order valence-electron chi connectivity index (χ0n) is 14.3. The van der Waals surface area contributed by atoms with Crippen LogP contribution in [0.15, 0.2) is 11.7 Å². The molecule has 0 radical (unpaired) electrons. The van der Waals surface area contributed by atoms with E-state index in [4.69, 9.17) is 10.5 Å². The number of phosphoric ester groups is 1. The predicted molar refractivity (Wildman–Crippen MR) is 87.3 cm³/mol. The molecule has 0 spiro atoms. The third kappa shape index (κ3) is 6.59. The lowest BCUT2D eigenvalue weighted by Crippen LogP contribution is -2.35. The van der Waals surface area contributed by atoms with Gasteiger partial charge in [-0.2, -0.15) is 9.55 Å². The number of nitrogen functional groups attached to an aromatic ring is 1. The number of nitrogens with two attached hydrogens (primary N) is 1. The molecule has 0 aliphatic carbocycles. The van der Waals surface area contributed by atoms with Crippen molar-refractivity contribution in [2.75, 3.05) is 19.5 Å². The first kappa shape index (κ1) is 21.9. The van der Waals surface area contributed by atoms with Gasteiger partial charge in [-0.1, -0.05) is 11.3 Å². The summed E-state index contributed by atoms with van der Waals surface area (Å²) >= 11 is 1.34. The number of nitrogens with zero attached hydrogens (tertiary/aromatic N) is 3. The maximum atomic E-state index is 11.2. The van der Waals surface area contributed by atoms with Crippen LogP contribution in [0.2, 0.25) is 0 Å². The van der Waals surface area contributed by atoms with E-state index >= 15 is 0 Å². The Bertz CT molecular complexity index is 902. The smallest absolute Gasteiger partial charge is 0.318 e. The van der Waals surface area contributed by atoms with E-state index in [9.17, 15) is 23.8 Å². The monoisotopic (exact) mass is 438 g/mol. The number of anilines is 1. The fourth-order valence-electron chi connectivity index (χ4n) is 2.05. The topological polar surface area (TPSA) is 187 Å². The number of phosphoric acid groups is 2. The minimum atomic E-state index is -5.69. The van der Waals surface area contributed by atoms with Gasteiger partial charge in [0, 0.05) is 19.5 Å². The van der Waals surface area contributed by atoms with Crippen molar-refractivity contribution in [2.45, 2.75) is 19.9 Å². The Hall–Kier alpha value is -1.43. The fourth-order valence-corrected chi connectivity index (χ4v) is 4.51. The summed E-state index contributed by atoms with van der Waals surface area (Å²) < 4.78 is 36.1. The predicted octanol–water partition coefficient (Wildman–Crippen LogP) is -1.35. The maximum Gasteiger partial charge on any atom is 0.318 e. The molecule has 150 valence electrons. The Labute approximate surface area is 158 Å². The first-order valence-corrected chi connectivity index (χ1v) is 11.1. The summed E-state index contributed by atoms with van der Waals surface area (Å²) in [5.41, 5.74) is 9.15. The number of aromatic nitrogens is 3. The molecule has 1 atom stereocenters. The summed E-state index contributed by atoms with van der Waals surface area (Å²) in [6.07, 6.45) is 1.71. The highest BCUT2D eigenvalue weighted by Crippen LogP contribution is 2.50. The lowest BCUT2D eigenvalue weighted by molar-refractivity contribution is -0.689. The second-order valence-corrected chi connectivity index (χ2v) is 8.83. The van der Waals surface area contributed by atoms with Crippen LogP contribution >= 0.6 is 27.0 Å². The van der Waals surface area contributed by atoms with Crippen LogP contribution in [-0.2, 0) is 30.9 Å². The number of ether oxygens (including phenoxy) is 1. The molecule has 1 unspecified atom stereocenters. The molecule has 15 heteroatoms. The molecule has 0 aliphatic rings. The average Bonchev–Trinajstić information content (AvgIpc) is 2.87. The van der Waals surface area contributed by atoms with Crippen LogP contribution in [0.4, 0.5) is 5.82 Å². The highest BCUT2D eigenvalue weighted by Gasteiger charge is 2.19. The molecule has 2 N–H and O–H groups in total. The van der Waals surface area contributed by atoms with Crippen molar-refractivity contribution < 1.29 is 41.9 Å². The van der Waals surface area contributed by atoms with Crippen molar-refractivity contribution in [2.24, 2.45) is 0 Å². The summed E-state index contributed by atoms with van der Waals surface area (Å²) in [6.45, 7) is 1.82. The Morgan fingerprint density at radius 3 is 2.63 bits per heavy atom. The van der Waals surface area contributed by atoms with Crippen molar-refractivity contribution >= 4 is 32.8 Å². The van der Waals surface area contributed by atoms with Gasteiger partial charge in [0.2, 0.25) is 5.51 Å².